The minimum Gasteiger partial charge on any atom is -0.452 e. The highest BCUT2D eigenvalue weighted by atomic mass is 16.5. The lowest BCUT2D eigenvalue weighted by molar-refractivity contribution is -0.150. The van der Waals surface area contributed by atoms with E-state index in [9.17, 15) is 9.59 Å². The zero-order valence-electron chi connectivity index (χ0n) is 12.7. The average molecular weight is 306 g/mol. The lowest BCUT2D eigenvalue weighted by Crippen LogP contribution is -2.17. The zero-order valence-corrected chi connectivity index (χ0v) is 12.7. The van der Waals surface area contributed by atoms with E-state index in [1.807, 2.05) is 60.7 Å². The van der Waals surface area contributed by atoms with E-state index in [0.717, 1.165) is 17.5 Å². The summed E-state index contributed by atoms with van der Waals surface area (Å²) < 4.78 is 5.84. The molecule has 2 aliphatic rings. The molecule has 2 saturated carbocycles. The largest absolute Gasteiger partial charge is 0.452 e. The molecule has 0 amide bonds. The van der Waals surface area contributed by atoms with Gasteiger partial charge in [-0.25, -0.2) is 0 Å². The van der Waals surface area contributed by atoms with Crippen LogP contribution in [-0.4, -0.2) is 11.8 Å². The molecule has 2 fully saturated rings. The van der Waals surface area contributed by atoms with Gasteiger partial charge in [-0.1, -0.05) is 60.7 Å². The summed E-state index contributed by atoms with van der Waals surface area (Å²) in [6, 6.07) is 19.5. The van der Waals surface area contributed by atoms with E-state index in [1.54, 1.807) is 0 Å². The summed E-state index contributed by atoms with van der Waals surface area (Å²) in [6.45, 7) is 0. The summed E-state index contributed by atoms with van der Waals surface area (Å²) in [5.41, 5.74) is 1.90. The van der Waals surface area contributed by atoms with Crippen LogP contribution in [0.2, 0.25) is 0 Å². The molecule has 0 N–H and O–H groups in total. The summed E-state index contributed by atoms with van der Waals surface area (Å²) in [7, 11) is 0. The third kappa shape index (κ3) is 2.56. The molecule has 0 saturated heterocycles. The highest BCUT2D eigenvalue weighted by Gasteiger charge is 2.62. The standard InChI is InChI=1S/C20H18O3/c21-16-12-11-15-17(16)18(15)20(22)23-19(13-7-3-1-4-8-13)14-9-5-2-6-10-14/h1-10,15,17-19H,11-12H2/t15-,17-,18+/m1/s1. The molecule has 2 aliphatic carbocycles. The Bertz CT molecular complexity index is 684. The monoisotopic (exact) mass is 306 g/mol. The fourth-order valence-corrected chi connectivity index (χ4v) is 3.75. The van der Waals surface area contributed by atoms with Crippen molar-refractivity contribution in [2.75, 3.05) is 0 Å². The number of rotatable bonds is 4. The Morgan fingerprint density at radius 3 is 2.00 bits per heavy atom. The number of carbonyl (C=O) groups excluding carboxylic acids is 2. The first-order valence-corrected chi connectivity index (χ1v) is 8.09. The molecule has 116 valence electrons. The van der Waals surface area contributed by atoms with Gasteiger partial charge in [0, 0.05) is 12.3 Å². The van der Waals surface area contributed by atoms with Crippen LogP contribution in [0.5, 0.6) is 0 Å². The quantitative estimate of drug-likeness (QED) is 0.811. The Morgan fingerprint density at radius 2 is 1.52 bits per heavy atom. The van der Waals surface area contributed by atoms with Crippen LogP contribution >= 0.6 is 0 Å². The molecule has 0 unspecified atom stereocenters. The predicted molar refractivity (Wildman–Crippen MR) is 85.5 cm³/mol. The van der Waals surface area contributed by atoms with Gasteiger partial charge in [0.1, 0.15) is 5.78 Å². The van der Waals surface area contributed by atoms with Crippen LogP contribution in [0.1, 0.15) is 30.1 Å². The number of carbonyl (C=O) groups is 2. The van der Waals surface area contributed by atoms with Crippen LogP contribution in [0.25, 0.3) is 0 Å². The first-order valence-electron chi connectivity index (χ1n) is 8.09. The molecule has 0 aliphatic heterocycles. The minimum absolute atomic E-state index is 0.0744. The van der Waals surface area contributed by atoms with E-state index in [1.165, 1.54) is 0 Å². The maximum absolute atomic E-state index is 12.5. The van der Waals surface area contributed by atoms with Crippen LogP contribution in [0.4, 0.5) is 0 Å². The molecule has 0 spiro atoms. The van der Waals surface area contributed by atoms with Crippen LogP contribution < -0.4 is 0 Å². The van der Waals surface area contributed by atoms with Crippen molar-refractivity contribution in [1.29, 1.82) is 0 Å². The summed E-state index contributed by atoms with van der Waals surface area (Å²) in [5, 5.41) is 0. The van der Waals surface area contributed by atoms with E-state index in [0.29, 0.717) is 6.42 Å². The highest BCUT2D eigenvalue weighted by Crippen LogP contribution is 2.56. The number of hydrogen-bond acceptors (Lipinski definition) is 3. The molecule has 4 rings (SSSR count). The summed E-state index contributed by atoms with van der Waals surface area (Å²) in [6.07, 6.45) is 1.05. The minimum atomic E-state index is -0.415. The van der Waals surface area contributed by atoms with Gasteiger partial charge < -0.3 is 4.74 Å². The van der Waals surface area contributed by atoms with Crippen molar-refractivity contribution in [2.45, 2.75) is 18.9 Å². The van der Waals surface area contributed by atoms with Crippen LogP contribution in [-0.2, 0) is 14.3 Å². The molecule has 23 heavy (non-hydrogen) atoms. The topological polar surface area (TPSA) is 43.4 Å². The lowest BCUT2D eigenvalue weighted by Gasteiger charge is -2.19. The smallest absolute Gasteiger partial charge is 0.310 e. The number of esters is 1. The van der Waals surface area contributed by atoms with Crippen LogP contribution in [0.3, 0.4) is 0 Å². The zero-order chi connectivity index (χ0) is 15.8. The Balaban J connectivity index is 1.57. The first kappa shape index (κ1) is 14.2. The molecule has 0 radical (unpaired) electrons. The van der Waals surface area contributed by atoms with E-state index >= 15 is 0 Å². The molecule has 3 atom stereocenters. The van der Waals surface area contributed by atoms with Crippen molar-refractivity contribution in [2.24, 2.45) is 17.8 Å². The van der Waals surface area contributed by atoms with Gasteiger partial charge in [-0.15, -0.1) is 0 Å². The molecule has 3 heteroatoms. The summed E-state index contributed by atoms with van der Waals surface area (Å²) in [5.74, 6) is -0.0678. The first-order chi connectivity index (χ1) is 11.3. The fraction of sp³-hybridized carbons (Fsp3) is 0.300. The number of hydrogen-bond donors (Lipinski definition) is 0. The van der Waals surface area contributed by atoms with Crippen LogP contribution in [0, 0.1) is 17.8 Å². The normalized spacial score (nSPS) is 25.3. The van der Waals surface area contributed by atoms with Crippen molar-refractivity contribution in [3.63, 3.8) is 0 Å². The number of ketones is 1. The highest BCUT2D eigenvalue weighted by molar-refractivity contribution is 5.94. The maximum Gasteiger partial charge on any atom is 0.310 e. The number of fused-ring (bicyclic) bond motifs is 1. The van der Waals surface area contributed by atoms with Crippen molar-refractivity contribution < 1.29 is 14.3 Å². The summed E-state index contributed by atoms with van der Waals surface area (Å²) >= 11 is 0. The Kier molecular flexibility index (Phi) is 3.49. The van der Waals surface area contributed by atoms with Crippen molar-refractivity contribution >= 4 is 11.8 Å². The average Bonchev–Trinajstić information content (AvgIpc) is 3.22. The van der Waals surface area contributed by atoms with Crippen molar-refractivity contribution in [3.8, 4) is 0 Å². The van der Waals surface area contributed by atoms with Gasteiger partial charge in [0.25, 0.3) is 0 Å². The molecule has 2 aromatic carbocycles. The Morgan fingerprint density at radius 1 is 0.957 bits per heavy atom. The second-order valence-electron chi connectivity index (χ2n) is 6.36. The maximum atomic E-state index is 12.5. The SMILES string of the molecule is O=C1CC[C@@H]2[C@H]1[C@H]2C(=O)OC(c1ccccc1)c1ccccc1. The van der Waals surface area contributed by atoms with Gasteiger partial charge in [0.2, 0.25) is 0 Å². The molecular formula is C20H18O3. The molecule has 3 nitrogen and oxygen atoms in total. The lowest BCUT2D eigenvalue weighted by atomic mass is 10.0. The predicted octanol–water partition coefficient (Wildman–Crippen LogP) is 3.54. The number of benzene rings is 2. The van der Waals surface area contributed by atoms with Gasteiger partial charge >= 0.3 is 5.97 Å². The van der Waals surface area contributed by atoms with E-state index < -0.39 is 6.10 Å². The third-order valence-electron chi connectivity index (χ3n) is 4.98. The number of ether oxygens (including phenoxy) is 1. The summed E-state index contributed by atoms with van der Waals surface area (Å²) in [4.78, 5) is 24.3. The van der Waals surface area contributed by atoms with Crippen LogP contribution in [0.15, 0.2) is 60.7 Å². The van der Waals surface area contributed by atoms with Gasteiger partial charge in [-0.05, 0) is 23.5 Å². The molecular weight excluding hydrogens is 288 g/mol. The second-order valence-corrected chi connectivity index (χ2v) is 6.36. The Hall–Kier alpha value is -2.42. The van der Waals surface area contributed by atoms with E-state index in [-0.39, 0.29) is 29.5 Å². The molecule has 0 aromatic heterocycles. The van der Waals surface area contributed by atoms with E-state index in [4.69, 9.17) is 4.74 Å². The van der Waals surface area contributed by atoms with E-state index in [2.05, 4.69) is 0 Å². The van der Waals surface area contributed by atoms with Gasteiger partial charge in [-0.2, -0.15) is 0 Å². The molecule has 0 bridgehead atoms. The molecule has 0 heterocycles. The second kappa shape index (κ2) is 5.65. The van der Waals surface area contributed by atoms with Gasteiger partial charge in [-0.3, -0.25) is 9.59 Å². The third-order valence-corrected chi connectivity index (χ3v) is 4.98. The van der Waals surface area contributed by atoms with Crippen molar-refractivity contribution in [3.05, 3.63) is 71.8 Å². The van der Waals surface area contributed by atoms with Gasteiger partial charge in [0.05, 0.1) is 5.92 Å². The fourth-order valence-electron chi connectivity index (χ4n) is 3.75. The van der Waals surface area contributed by atoms with Crippen molar-refractivity contribution in [1.82, 2.24) is 0 Å². The Labute approximate surface area is 135 Å². The van der Waals surface area contributed by atoms with Gasteiger partial charge in [0.15, 0.2) is 6.10 Å². The molecule has 2 aromatic rings. The number of Topliss-reactive ketones (excluding diaryl/α,β-unsaturated/α-hetero) is 1.